The number of ether oxygens (including phenoxy) is 1. The Morgan fingerprint density at radius 1 is 1.45 bits per heavy atom. The topological polar surface area (TPSA) is 26.3 Å². The molecule has 2 nitrogen and oxygen atoms in total. The molecular formula is C6H7F3O2. The Bertz CT molecular complexity index is 154. The third-order valence-corrected chi connectivity index (χ3v) is 1.63. The Morgan fingerprint density at radius 2 is 2.09 bits per heavy atom. The molecular weight excluding hydrogens is 161 g/mol. The zero-order chi connectivity index (χ0) is 8.48. The summed E-state index contributed by atoms with van der Waals surface area (Å²) < 4.78 is 40.1. The van der Waals surface area contributed by atoms with Gasteiger partial charge in [0.1, 0.15) is 6.29 Å². The SMILES string of the molecule is O=C[C@H]1CCO[C@H]1C(F)(F)F. The van der Waals surface area contributed by atoms with E-state index in [2.05, 4.69) is 4.74 Å². The fraction of sp³-hybridized carbons (Fsp3) is 0.833. The number of rotatable bonds is 1. The molecule has 0 aliphatic carbocycles. The van der Waals surface area contributed by atoms with E-state index in [1.54, 1.807) is 0 Å². The lowest BCUT2D eigenvalue weighted by atomic mass is 10.0. The van der Waals surface area contributed by atoms with Crippen molar-refractivity contribution in [1.29, 1.82) is 0 Å². The van der Waals surface area contributed by atoms with Crippen LogP contribution >= 0.6 is 0 Å². The third-order valence-electron chi connectivity index (χ3n) is 1.63. The minimum atomic E-state index is -4.40. The molecule has 0 saturated carbocycles. The summed E-state index contributed by atoms with van der Waals surface area (Å²) >= 11 is 0. The van der Waals surface area contributed by atoms with E-state index in [9.17, 15) is 18.0 Å². The van der Waals surface area contributed by atoms with E-state index in [1.807, 2.05) is 0 Å². The monoisotopic (exact) mass is 168 g/mol. The van der Waals surface area contributed by atoms with Gasteiger partial charge in [-0.1, -0.05) is 0 Å². The van der Waals surface area contributed by atoms with Crippen LogP contribution in [0.2, 0.25) is 0 Å². The molecule has 1 aliphatic heterocycles. The molecule has 1 fully saturated rings. The lowest BCUT2D eigenvalue weighted by Gasteiger charge is -2.16. The lowest BCUT2D eigenvalue weighted by molar-refractivity contribution is -0.214. The molecule has 0 aromatic rings. The number of hydrogen-bond acceptors (Lipinski definition) is 2. The normalized spacial score (nSPS) is 32.3. The van der Waals surface area contributed by atoms with Gasteiger partial charge in [-0.05, 0) is 6.42 Å². The highest BCUT2D eigenvalue weighted by Crippen LogP contribution is 2.33. The van der Waals surface area contributed by atoms with E-state index in [-0.39, 0.29) is 13.0 Å². The summed E-state index contributed by atoms with van der Waals surface area (Å²) in [4.78, 5) is 10.1. The average Bonchev–Trinajstić information content (AvgIpc) is 2.31. The molecule has 11 heavy (non-hydrogen) atoms. The van der Waals surface area contributed by atoms with Crippen molar-refractivity contribution in [2.24, 2.45) is 5.92 Å². The molecule has 0 unspecified atom stereocenters. The summed E-state index contributed by atoms with van der Waals surface area (Å²) in [6, 6.07) is 0. The molecule has 0 aromatic carbocycles. The van der Waals surface area contributed by atoms with Crippen LogP contribution in [0, 0.1) is 5.92 Å². The predicted molar refractivity (Wildman–Crippen MR) is 30.0 cm³/mol. The van der Waals surface area contributed by atoms with E-state index < -0.39 is 18.2 Å². The maximum atomic E-state index is 11.9. The second-order valence-electron chi connectivity index (χ2n) is 2.42. The van der Waals surface area contributed by atoms with Gasteiger partial charge in [0, 0.05) is 6.61 Å². The lowest BCUT2D eigenvalue weighted by Crippen LogP contribution is -2.34. The van der Waals surface area contributed by atoms with Gasteiger partial charge in [-0.3, -0.25) is 0 Å². The van der Waals surface area contributed by atoms with Crippen molar-refractivity contribution in [3.05, 3.63) is 0 Å². The van der Waals surface area contributed by atoms with Gasteiger partial charge < -0.3 is 9.53 Å². The van der Waals surface area contributed by atoms with Crippen LogP contribution in [0.5, 0.6) is 0 Å². The minimum Gasteiger partial charge on any atom is -0.368 e. The van der Waals surface area contributed by atoms with Gasteiger partial charge in [0.2, 0.25) is 0 Å². The number of halogens is 3. The summed E-state index contributed by atoms with van der Waals surface area (Å²) in [5.74, 6) is -1.00. The molecule has 0 aromatic heterocycles. The predicted octanol–water partition coefficient (Wildman–Crippen LogP) is 1.15. The summed E-state index contributed by atoms with van der Waals surface area (Å²) in [6.45, 7) is 0.0214. The van der Waals surface area contributed by atoms with Crippen molar-refractivity contribution in [3.8, 4) is 0 Å². The standard InChI is InChI=1S/C6H7F3O2/c7-6(8,9)5-4(3-10)1-2-11-5/h3-5H,1-2H2/t4-,5-/m1/s1. The maximum Gasteiger partial charge on any atom is 0.415 e. The molecule has 0 N–H and O–H groups in total. The molecule has 0 spiro atoms. The minimum absolute atomic E-state index is 0.0214. The Morgan fingerprint density at radius 3 is 2.45 bits per heavy atom. The Kier molecular flexibility index (Phi) is 2.17. The molecule has 1 aliphatic rings. The maximum absolute atomic E-state index is 11.9. The van der Waals surface area contributed by atoms with Crippen LogP contribution in [-0.4, -0.2) is 25.2 Å². The van der Waals surface area contributed by atoms with E-state index >= 15 is 0 Å². The quantitative estimate of drug-likeness (QED) is 0.549. The zero-order valence-electron chi connectivity index (χ0n) is 5.60. The number of carbonyl (C=O) groups is 1. The molecule has 0 amide bonds. The smallest absolute Gasteiger partial charge is 0.368 e. The largest absolute Gasteiger partial charge is 0.415 e. The van der Waals surface area contributed by atoms with Crippen LogP contribution in [0.3, 0.4) is 0 Å². The van der Waals surface area contributed by atoms with Crippen molar-refractivity contribution in [2.45, 2.75) is 18.7 Å². The number of carbonyl (C=O) groups excluding carboxylic acids is 1. The third kappa shape index (κ3) is 1.71. The van der Waals surface area contributed by atoms with Gasteiger partial charge in [-0.15, -0.1) is 0 Å². The average molecular weight is 168 g/mol. The first-order chi connectivity index (χ1) is 5.05. The van der Waals surface area contributed by atoms with Crippen molar-refractivity contribution in [2.75, 3.05) is 6.61 Å². The van der Waals surface area contributed by atoms with Gasteiger partial charge in [0.05, 0.1) is 5.92 Å². The molecule has 2 atom stereocenters. The second kappa shape index (κ2) is 2.81. The van der Waals surface area contributed by atoms with Crippen LogP contribution in [-0.2, 0) is 9.53 Å². The fourth-order valence-electron chi connectivity index (χ4n) is 1.08. The van der Waals surface area contributed by atoms with Crippen molar-refractivity contribution in [3.63, 3.8) is 0 Å². The van der Waals surface area contributed by atoms with Gasteiger partial charge in [0.15, 0.2) is 6.10 Å². The highest BCUT2D eigenvalue weighted by molar-refractivity contribution is 5.55. The molecule has 1 saturated heterocycles. The van der Waals surface area contributed by atoms with Gasteiger partial charge >= 0.3 is 6.18 Å². The number of hydrogen-bond donors (Lipinski definition) is 0. The summed E-state index contributed by atoms with van der Waals surface area (Å²) in [7, 11) is 0. The Labute approximate surface area is 61.3 Å². The first-order valence-electron chi connectivity index (χ1n) is 3.19. The highest BCUT2D eigenvalue weighted by Gasteiger charge is 2.48. The Hall–Kier alpha value is -0.580. The van der Waals surface area contributed by atoms with Crippen molar-refractivity contribution >= 4 is 6.29 Å². The first-order valence-corrected chi connectivity index (χ1v) is 3.19. The van der Waals surface area contributed by atoms with Crippen LogP contribution in [0.1, 0.15) is 6.42 Å². The highest BCUT2D eigenvalue weighted by atomic mass is 19.4. The number of alkyl halides is 3. The molecule has 0 bridgehead atoms. The van der Waals surface area contributed by atoms with Crippen LogP contribution in [0.25, 0.3) is 0 Å². The molecule has 1 heterocycles. The zero-order valence-corrected chi connectivity index (χ0v) is 5.60. The summed E-state index contributed by atoms with van der Waals surface area (Å²) in [5, 5.41) is 0. The first kappa shape index (κ1) is 8.52. The molecule has 0 radical (unpaired) electrons. The van der Waals surface area contributed by atoms with E-state index in [1.165, 1.54) is 0 Å². The summed E-state index contributed by atoms with van der Waals surface area (Å²) in [6.07, 6.45) is -5.79. The van der Waals surface area contributed by atoms with E-state index in [4.69, 9.17) is 0 Å². The van der Waals surface area contributed by atoms with Gasteiger partial charge in [-0.25, -0.2) is 0 Å². The van der Waals surface area contributed by atoms with E-state index in [0.717, 1.165) is 0 Å². The molecule has 64 valence electrons. The summed E-state index contributed by atoms with van der Waals surface area (Å²) in [5.41, 5.74) is 0. The number of aldehydes is 1. The van der Waals surface area contributed by atoms with Crippen molar-refractivity contribution < 1.29 is 22.7 Å². The van der Waals surface area contributed by atoms with E-state index in [0.29, 0.717) is 6.29 Å². The van der Waals surface area contributed by atoms with Crippen LogP contribution in [0.4, 0.5) is 13.2 Å². The molecule has 5 heteroatoms. The van der Waals surface area contributed by atoms with Crippen molar-refractivity contribution in [1.82, 2.24) is 0 Å². The second-order valence-corrected chi connectivity index (χ2v) is 2.42. The van der Waals surface area contributed by atoms with Crippen LogP contribution in [0.15, 0.2) is 0 Å². The Balaban J connectivity index is 2.63. The van der Waals surface area contributed by atoms with Gasteiger partial charge in [0.25, 0.3) is 0 Å². The fourth-order valence-corrected chi connectivity index (χ4v) is 1.08. The van der Waals surface area contributed by atoms with Gasteiger partial charge in [-0.2, -0.15) is 13.2 Å². The van der Waals surface area contributed by atoms with Crippen LogP contribution < -0.4 is 0 Å². The molecule has 1 rings (SSSR count).